The highest BCUT2D eigenvalue weighted by molar-refractivity contribution is 7.89. The Morgan fingerprint density at radius 1 is 0.688 bits per heavy atom. The Bertz CT molecular complexity index is 1470. The van der Waals surface area contributed by atoms with E-state index in [0.29, 0.717) is 19.3 Å². The van der Waals surface area contributed by atoms with E-state index in [4.69, 9.17) is 18.4 Å². The van der Waals surface area contributed by atoms with Gasteiger partial charge in [0.2, 0.25) is 5.91 Å². The maximum absolute atomic E-state index is 13.7. The van der Waals surface area contributed by atoms with E-state index in [9.17, 15) is 29.9 Å². The van der Waals surface area contributed by atoms with Gasteiger partial charge in [-0.25, -0.2) is 0 Å². The van der Waals surface area contributed by atoms with E-state index >= 15 is 0 Å². The third-order valence-corrected chi connectivity index (χ3v) is 12.3. The molecule has 14 heteroatoms. The molecule has 1 heterocycles. The number of carbonyl (C=O) groups excluding carboxylic acids is 3. The van der Waals surface area contributed by atoms with Gasteiger partial charge in [-0.3, -0.25) is 23.6 Å². The van der Waals surface area contributed by atoms with E-state index in [1.807, 2.05) is 24.3 Å². The Balaban J connectivity index is 1.54. The van der Waals surface area contributed by atoms with Crippen LogP contribution in [-0.4, -0.2) is 71.4 Å². The predicted octanol–water partition coefficient (Wildman–Crippen LogP) is 9.43. The summed E-state index contributed by atoms with van der Waals surface area (Å²) in [4.78, 5) is 40.1. The van der Waals surface area contributed by atoms with Crippen LogP contribution in [0.1, 0.15) is 179 Å². The summed E-state index contributed by atoms with van der Waals surface area (Å²) in [5.74, 6) is -1.50. The normalized spacial score (nSPS) is 19.0. The average Bonchev–Trinajstić information content (AvgIpc) is 3.30. The molecule has 0 saturated carbocycles. The molecule has 1 fully saturated rings. The molecule has 2 aromatic carbocycles. The molecule has 2 aromatic rings. The molecule has 1 saturated heterocycles. The van der Waals surface area contributed by atoms with Gasteiger partial charge >= 0.3 is 11.9 Å². The standard InChI is InChI=1S/C50H79NO12S/c1-2-3-4-5-6-7-8-15-26-35-42(58-45(54)36-27-16-11-9-13-20-29-40-31-22-18-23-32-40)38-44(53)51-47-49(48(61-64-63-62-57)43(39-52)59-50(47)56)60-46(55)37-28-17-12-10-14-21-30-41-33-24-19-25-34-41/h18-19,22-25,31-34,42-43,47-50,52,56-57H,2-17,20-21,26-30,35-39H2,1H3,(H,51,53)/p-1/t42-,43-,47-,48-,49-,50?/m1/s1. The Labute approximate surface area is 387 Å². The SMILES string of the molecule is CCCCCCCCCCC[C@H](CC(=O)N[C@H]1C(O)O[C@H](CO)[C@@H](OSOO[O-])[C@@H]1OC(=O)CCCCCCCCc1ccccc1)OC(=O)CCCCCCCCc1ccccc1. The van der Waals surface area contributed by atoms with E-state index < -0.39 is 55.2 Å². The van der Waals surface area contributed by atoms with Crippen LogP contribution in [0.4, 0.5) is 0 Å². The van der Waals surface area contributed by atoms with Crippen molar-refractivity contribution >= 4 is 30.2 Å². The van der Waals surface area contributed by atoms with Crippen LogP contribution in [0.15, 0.2) is 60.7 Å². The minimum absolute atomic E-state index is 0.0764. The largest absolute Gasteiger partial charge is 0.691 e. The Morgan fingerprint density at radius 3 is 1.72 bits per heavy atom. The molecule has 64 heavy (non-hydrogen) atoms. The molecular formula is C50H78NO12S-. The van der Waals surface area contributed by atoms with Crippen molar-refractivity contribution in [3.8, 4) is 0 Å². The van der Waals surface area contributed by atoms with Crippen LogP contribution in [0.25, 0.3) is 0 Å². The van der Waals surface area contributed by atoms with Crippen molar-refractivity contribution in [3.63, 3.8) is 0 Å². The summed E-state index contributed by atoms with van der Waals surface area (Å²) in [5.41, 5.74) is 2.68. The van der Waals surface area contributed by atoms with E-state index in [1.165, 1.54) is 43.2 Å². The number of esters is 2. The average molecular weight is 917 g/mol. The van der Waals surface area contributed by atoms with Crippen molar-refractivity contribution in [2.75, 3.05) is 6.61 Å². The first-order valence-electron chi connectivity index (χ1n) is 24.3. The highest BCUT2D eigenvalue weighted by atomic mass is 32.2. The van der Waals surface area contributed by atoms with E-state index in [2.05, 4.69) is 58.0 Å². The van der Waals surface area contributed by atoms with Crippen molar-refractivity contribution in [1.82, 2.24) is 5.32 Å². The molecule has 13 nitrogen and oxygen atoms in total. The van der Waals surface area contributed by atoms with Gasteiger partial charge in [0.25, 0.3) is 0 Å². The van der Waals surface area contributed by atoms with E-state index in [-0.39, 0.29) is 37.6 Å². The summed E-state index contributed by atoms with van der Waals surface area (Å²) in [5, 5.41) is 37.9. The molecule has 362 valence electrons. The maximum Gasteiger partial charge on any atom is 0.306 e. The fraction of sp³-hybridized carbons (Fsp3) is 0.700. The number of aryl methyl sites for hydroxylation is 2. The van der Waals surface area contributed by atoms with Gasteiger partial charge in [0, 0.05) is 12.8 Å². The third-order valence-electron chi connectivity index (χ3n) is 11.9. The van der Waals surface area contributed by atoms with Gasteiger partial charge < -0.3 is 35.0 Å². The fourth-order valence-corrected chi connectivity index (χ4v) is 8.62. The highest BCUT2D eigenvalue weighted by Crippen LogP contribution is 2.29. The molecule has 0 aliphatic carbocycles. The summed E-state index contributed by atoms with van der Waals surface area (Å²) in [6.07, 6.45) is 18.2. The van der Waals surface area contributed by atoms with Crippen molar-refractivity contribution in [1.29, 1.82) is 0 Å². The van der Waals surface area contributed by atoms with Crippen molar-refractivity contribution < 1.29 is 57.6 Å². The summed E-state index contributed by atoms with van der Waals surface area (Å²) >= 11 is 0.141. The van der Waals surface area contributed by atoms with Gasteiger partial charge in [-0.15, -0.1) is 4.33 Å². The summed E-state index contributed by atoms with van der Waals surface area (Å²) in [6, 6.07) is 19.5. The molecule has 0 aromatic heterocycles. The number of hydrogen-bond donors (Lipinski definition) is 3. The van der Waals surface area contributed by atoms with Crippen LogP contribution in [0.5, 0.6) is 0 Å². The molecule has 1 unspecified atom stereocenters. The predicted molar refractivity (Wildman–Crippen MR) is 246 cm³/mol. The Kier molecular flexibility index (Phi) is 31.2. The summed E-state index contributed by atoms with van der Waals surface area (Å²) in [6.45, 7) is 1.56. The number of rotatable bonds is 38. The lowest BCUT2D eigenvalue weighted by Crippen LogP contribution is -2.65. The monoisotopic (exact) mass is 917 g/mol. The minimum atomic E-state index is -1.70. The molecule has 3 N–H and O–H groups in total. The van der Waals surface area contributed by atoms with Gasteiger partial charge in [0.1, 0.15) is 24.4 Å². The molecule has 3 rings (SSSR count). The topological polar surface area (TPSA) is 182 Å². The van der Waals surface area contributed by atoms with Crippen LogP contribution < -0.4 is 10.6 Å². The molecule has 0 bridgehead atoms. The van der Waals surface area contributed by atoms with Crippen LogP contribution in [0.2, 0.25) is 0 Å². The molecule has 1 aliphatic rings. The number of unbranched alkanes of at least 4 members (excludes halogenated alkanes) is 18. The summed E-state index contributed by atoms with van der Waals surface area (Å²) in [7, 11) is 0. The van der Waals surface area contributed by atoms with E-state index in [0.717, 1.165) is 103 Å². The zero-order chi connectivity index (χ0) is 45.9. The van der Waals surface area contributed by atoms with Crippen molar-refractivity contribution in [2.24, 2.45) is 0 Å². The lowest BCUT2D eigenvalue weighted by Gasteiger charge is -2.43. The van der Waals surface area contributed by atoms with Gasteiger partial charge in [0.05, 0.1) is 13.0 Å². The van der Waals surface area contributed by atoms with Crippen molar-refractivity contribution in [3.05, 3.63) is 71.8 Å². The number of hydrogen-bond acceptors (Lipinski definition) is 13. The minimum Gasteiger partial charge on any atom is -0.691 e. The fourth-order valence-electron chi connectivity index (χ4n) is 8.24. The van der Waals surface area contributed by atoms with Gasteiger partial charge in [-0.05, 0) is 62.5 Å². The lowest BCUT2D eigenvalue weighted by atomic mass is 9.96. The van der Waals surface area contributed by atoms with Crippen LogP contribution >= 0.6 is 12.3 Å². The zero-order valence-electron chi connectivity index (χ0n) is 38.4. The highest BCUT2D eigenvalue weighted by Gasteiger charge is 2.49. The number of ether oxygens (including phenoxy) is 3. The molecule has 0 radical (unpaired) electrons. The Hall–Kier alpha value is -3.08. The molecular weight excluding hydrogens is 839 g/mol. The van der Waals surface area contributed by atoms with Gasteiger partial charge in [-0.2, -0.15) is 0 Å². The summed E-state index contributed by atoms with van der Waals surface area (Å²) < 4.78 is 27.2. The second-order valence-corrected chi connectivity index (χ2v) is 17.7. The number of carbonyl (C=O) groups is 3. The number of aliphatic hydroxyl groups is 2. The van der Waals surface area contributed by atoms with Gasteiger partial charge in [-0.1, -0.05) is 170 Å². The van der Waals surface area contributed by atoms with E-state index in [1.54, 1.807) is 0 Å². The molecule has 6 atom stereocenters. The first kappa shape index (κ1) is 55.2. The Morgan fingerprint density at radius 2 is 1.19 bits per heavy atom. The number of aliphatic hydroxyl groups excluding tert-OH is 2. The second-order valence-electron chi connectivity index (χ2n) is 17.2. The van der Waals surface area contributed by atoms with Crippen LogP contribution in [-0.2, 0) is 55.0 Å². The number of amides is 1. The lowest BCUT2D eigenvalue weighted by molar-refractivity contribution is -0.777. The molecule has 1 aliphatic heterocycles. The number of benzene rings is 2. The van der Waals surface area contributed by atoms with Crippen LogP contribution in [0.3, 0.4) is 0 Å². The van der Waals surface area contributed by atoms with Crippen LogP contribution in [0, 0.1) is 0 Å². The number of nitrogens with one attached hydrogen (secondary N) is 1. The quantitative estimate of drug-likeness (QED) is 0.0191. The smallest absolute Gasteiger partial charge is 0.306 e. The molecule has 1 amide bonds. The first-order chi connectivity index (χ1) is 31.3. The van der Waals surface area contributed by atoms with Crippen molar-refractivity contribution in [2.45, 2.75) is 217 Å². The second kappa shape index (κ2) is 36.1. The third kappa shape index (κ3) is 25.0. The first-order valence-corrected chi connectivity index (χ1v) is 25.0. The molecule has 0 spiro atoms. The maximum atomic E-state index is 13.7. The van der Waals surface area contributed by atoms with Gasteiger partial charge in [0.15, 0.2) is 24.7 Å². The zero-order valence-corrected chi connectivity index (χ0v) is 39.2.